The van der Waals surface area contributed by atoms with Crippen molar-refractivity contribution in [2.45, 2.75) is 6.92 Å². The van der Waals surface area contributed by atoms with Crippen LogP contribution in [0.25, 0.3) is 6.08 Å². The number of terminal acetylenes is 1. The second kappa shape index (κ2) is 9.91. The minimum Gasteiger partial charge on any atom is -0.490 e. The summed E-state index contributed by atoms with van der Waals surface area (Å²) in [4.78, 5) is 12.3. The summed E-state index contributed by atoms with van der Waals surface area (Å²) in [5, 5.41) is 12.3. The number of hydrogen-bond acceptors (Lipinski definition) is 4. The van der Waals surface area contributed by atoms with Crippen molar-refractivity contribution in [1.29, 1.82) is 5.26 Å². The Morgan fingerprint density at radius 2 is 2.04 bits per heavy atom. The first-order chi connectivity index (χ1) is 13.1. The average Bonchev–Trinajstić information content (AvgIpc) is 2.66. The number of hydrogen-bond donors (Lipinski definition) is 1. The number of amides is 1. The van der Waals surface area contributed by atoms with E-state index in [-0.39, 0.29) is 17.2 Å². The van der Waals surface area contributed by atoms with E-state index in [1.165, 1.54) is 6.08 Å². The molecule has 0 aliphatic carbocycles. The van der Waals surface area contributed by atoms with Gasteiger partial charge in [-0.3, -0.25) is 4.79 Å². The van der Waals surface area contributed by atoms with Crippen molar-refractivity contribution in [2.75, 3.05) is 18.5 Å². The molecule has 0 fully saturated rings. The number of nitrogens with one attached hydrogen (secondary N) is 1. The third-order valence-electron chi connectivity index (χ3n) is 3.34. The van der Waals surface area contributed by atoms with Crippen LogP contribution in [0.1, 0.15) is 12.5 Å². The number of halogens is 1. The van der Waals surface area contributed by atoms with Crippen molar-refractivity contribution in [2.24, 2.45) is 0 Å². The van der Waals surface area contributed by atoms with Crippen LogP contribution in [0.15, 0.2) is 48.0 Å². The van der Waals surface area contributed by atoms with Gasteiger partial charge in [0.05, 0.1) is 11.6 Å². The lowest BCUT2D eigenvalue weighted by Gasteiger charge is -2.13. The average molecular weight is 381 g/mol. The van der Waals surface area contributed by atoms with Crippen molar-refractivity contribution in [3.63, 3.8) is 0 Å². The molecule has 0 unspecified atom stereocenters. The lowest BCUT2D eigenvalue weighted by Crippen LogP contribution is -2.13. The van der Waals surface area contributed by atoms with Gasteiger partial charge in [-0.05, 0) is 42.8 Å². The number of rotatable bonds is 7. The summed E-state index contributed by atoms with van der Waals surface area (Å²) in [5.41, 5.74) is 1.04. The monoisotopic (exact) mass is 380 g/mol. The highest BCUT2D eigenvalue weighted by Crippen LogP contribution is 2.37. The van der Waals surface area contributed by atoms with Crippen LogP contribution in [-0.2, 0) is 4.79 Å². The molecular weight excluding hydrogens is 364 g/mol. The topological polar surface area (TPSA) is 71.3 Å². The number of nitriles is 1. The third kappa shape index (κ3) is 5.54. The summed E-state index contributed by atoms with van der Waals surface area (Å²) in [6, 6.07) is 14.0. The lowest BCUT2D eigenvalue weighted by atomic mass is 10.1. The van der Waals surface area contributed by atoms with Gasteiger partial charge in [-0.2, -0.15) is 5.26 Å². The van der Waals surface area contributed by atoms with E-state index in [4.69, 9.17) is 27.5 Å². The summed E-state index contributed by atoms with van der Waals surface area (Å²) >= 11 is 6.26. The Kier molecular flexibility index (Phi) is 7.31. The maximum Gasteiger partial charge on any atom is 0.266 e. The molecule has 2 aromatic rings. The van der Waals surface area contributed by atoms with Gasteiger partial charge in [0.1, 0.15) is 18.2 Å². The quantitative estimate of drug-likeness (QED) is 0.441. The molecule has 0 saturated carbocycles. The van der Waals surface area contributed by atoms with Crippen LogP contribution in [0.3, 0.4) is 0 Å². The van der Waals surface area contributed by atoms with Crippen molar-refractivity contribution >= 4 is 29.3 Å². The van der Waals surface area contributed by atoms with E-state index in [2.05, 4.69) is 11.2 Å². The normalized spacial score (nSPS) is 10.4. The molecule has 5 nitrogen and oxygen atoms in total. The molecule has 0 bridgehead atoms. The number of benzene rings is 2. The summed E-state index contributed by atoms with van der Waals surface area (Å²) in [6.45, 7) is 2.24. The fraction of sp³-hybridized carbons (Fsp3) is 0.143. The van der Waals surface area contributed by atoms with Crippen LogP contribution >= 0.6 is 11.6 Å². The Balaban J connectivity index is 2.33. The van der Waals surface area contributed by atoms with E-state index < -0.39 is 5.91 Å². The predicted molar refractivity (Wildman–Crippen MR) is 106 cm³/mol. The fourth-order valence-electron chi connectivity index (χ4n) is 2.22. The first-order valence-corrected chi connectivity index (χ1v) is 8.47. The van der Waals surface area contributed by atoms with E-state index in [1.54, 1.807) is 36.4 Å². The van der Waals surface area contributed by atoms with Gasteiger partial charge in [0.25, 0.3) is 5.91 Å². The molecule has 0 aliphatic rings. The van der Waals surface area contributed by atoms with Gasteiger partial charge in [0.15, 0.2) is 11.5 Å². The van der Waals surface area contributed by atoms with Crippen LogP contribution < -0.4 is 14.8 Å². The van der Waals surface area contributed by atoms with Gasteiger partial charge in [-0.15, -0.1) is 6.42 Å². The van der Waals surface area contributed by atoms with Gasteiger partial charge in [0.2, 0.25) is 0 Å². The zero-order valence-corrected chi connectivity index (χ0v) is 15.4. The second-order valence-electron chi connectivity index (χ2n) is 5.25. The van der Waals surface area contributed by atoms with E-state index in [0.29, 0.717) is 29.4 Å². The molecule has 0 heterocycles. The number of anilines is 1. The molecule has 27 heavy (non-hydrogen) atoms. The number of nitrogens with zero attached hydrogens (tertiary/aromatic N) is 1. The van der Waals surface area contributed by atoms with Crippen LogP contribution in [-0.4, -0.2) is 19.1 Å². The Labute approximate surface area is 163 Å². The van der Waals surface area contributed by atoms with Crippen molar-refractivity contribution in [1.82, 2.24) is 0 Å². The van der Waals surface area contributed by atoms with Crippen LogP contribution in [0.2, 0.25) is 5.02 Å². The van der Waals surface area contributed by atoms with Crippen molar-refractivity contribution in [3.8, 4) is 29.9 Å². The minimum atomic E-state index is -0.523. The molecule has 0 aromatic heterocycles. The molecule has 1 amide bonds. The Morgan fingerprint density at radius 3 is 2.67 bits per heavy atom. The van der Waals surface area contributed by atoms with Crippen LogP contribution in [0.4, 0.5) is 5.69 Å². The van der Waals surface area contributed by atoms with Gasteiger partial charge in [-0.25, -0.2) is 0 Å². The predicted octanol–water partition coefficient (Wildman–Crippen LogP) is 4.30. The molecule has 0 atom stereocenters. The second-order valence-corrected chi connectivity index (χ2v) is 5.65. The zero-order chi connectivity index (χ0) is 19.6. The fourth-order valence-corrected chi connectivity index (χ4v) is 2.50. The van der Waals surface area contributed by atoms with E-state index >= 15 is 0 Å². The van der Waals surface area contributed by atoms with Gasteiger partial charge in [0, 0.05) is 5.69 Å². The smallest absolute Gasteiger partial charge is 0.266 e. The number of ether oxygens (including phenoxy) is 2. The van der Waals surface area contributed by atoms with Gasteiger partial charge >= 0.3 is 0 Å². The van der Waals surface area contributed by atoms with E-state index in [1.807, 2.05) is 19.1 Å². The van der Waals surface area contributed by atoms with Crippen LogP contribution in [0.5, 0.6) is 11.5 Å². The Morgan fingerprint density at radius 1 is 1.30 bits per heavy atom. The number of carbonyl (C=O) groups excluding carboxylic acids is 1. The molecule has 0 saturated heterocycles. The Hall–Kier alpha value is -3.41. The molecule has 0 radical (unpaired) electrons. The summed E-state index contributed by atoms with van der Waals surface area (Å²) in [7, 11) is 0. The first-order valence-electron chi connectivity index (χ1n) is 8.09. The van der Waals surface area contributed by atoms with E-state index in [9.17, 15) is 10.1 Å². The lowest BCUT2D eigenvalue weighted by molar-refractivity contribution is -0.112. The Bertz CT molecular complexity index is 925. The number of carbonyl (C=O) groups is 1. The molecule has 0 aliphatic heterocycles. The molecule has 2 aromatic carbocycles. The maximum atomic E-state index is 12.3. The molecular formula is C21H17ClN2O3. The third-order valence-corrected chi connectivity index (χ3v) is 3.62. The van der Waals surface area contributed by atoms with Crippen LogP contribution in [0, 0.1) is 23.7 Å². The molecule has 2 rings (SSSR count). The standard InChI is InChI=1S/C21H17ClN2O3/c1-3-10-27-20-18(22)12-15(13-19(20)26-4-2)11-16(14-23)21(25)24-17-8-6-5-7-9-17/h1,5-9,11-13H,4,10H2,2H3,(H,24,25)/b16-11+. The van der Waals surface area contributed by atoms with Gasteiger partial charge < -0.3 is 14.8 Å². The summed E-state index contributed by atoms with van der Waals surface area (Å²) in [6.07, 6.45) is 6.64. The van der Waals surface area contributed by atoms with E-state index in [0.717, 1.165) is 0 Å². The van der Waals surface area contributed by atoms with Crippen molar-refractivity contribution < 1.29 is 14.3 Å². The molecule has 6 heteroatoms. The highest BCUT2D eigenvalue weighted by Gasteiger charge is 2.14. The summed E-state index contributed by atoms with van der Waals surface area (Å²) < 4.78 is 11.0. The number of para-hydroxylation sites is 1. The minimum absolute atomic E-state index is 0.0396. The zero-order valence-electron chi connectivity index (χ0n) is 14.7. The molecule has 136 valence electrons. The first kappa shape index (κ1) is 19.9. The molecule has 0 spiro atoms. The van der Waals surface area contributed by atoms with Crippen molar-refractivity contribution in [3.05, 3.63) is 58.6 Å². The molecule has 1 N–H and O–H groups in total. The van der Waals surface area contributed by atoms with Gasteiger partial charge in [-0.1, -0.05) is 35.7 Å². The largest absolute Gasteiger partial charge is 0.490 e. The SMILES string of the molecule is C#CCOc1c(Cl)cc(/C=C(\C#N)C(=O)Nc2ccccc2)cc1OCC. The maximum absolute atomic E-state index is 12.3. The summed E-state index contributed by atoms with van der Waals surface area (Å²) in [5.74, 6) is 2.54. The highest BCUT2D eigenvalue weighted by molar-refractivity contribution is 6.32. The highest BCUT2D eigenvalue weighted by atomic mass is 35.5.